The van der Waals surface area contributed by atoms with Crippen LogP contribution in [0.3, 0.4) is 0 Å². The van der Waals surface area contributed by atoms with E-state index in [9.17, 15) is 0 Å². The molecule has 0 bridgehead atoms. The zero-order chi connectivity index (χ0) is 15.2. The predicted octanol–water partition coefficient (Wildman–Crippen LogP) is 6.06. The first kappa shape index (κ1) is 17.2. The topological polar surface area (TPSA) is 12.4 Å². The number of thioether (sulfide) groups is 1. The Labute approximate surface area is 129 Å². The summed E-state index contributed by atoms with van der Waals surface area (Å²) in [5, 5.41) is 1.25. The maximum atomic E-state index is 4.84. The van der Waals surface area contributed by atoms with Crippen LogP contribution in [0, 0.1) is 6.92 Å². The molecule has 0 N–H and O–H groups in total. The molecule has 1 aromatic carbocycles. The molecule has 0 aliphatic rings. The van der Waals surface area contributed by atoms with Crippen molar-refractivity contribution in [2.75, 3.05) is 5.75 Å². The van der Waals surface area contributed by atoms with Crippen LogP contribution >= 0.6 is 11.8 Å². The highest BCUT2D eigenvalue weighted by molar-refractivity contribution is 8.14. The van der Waals surface area contributed by atoms with E-state index < -0.39 is 8.07 Å². The minimum Gasteiger partial charge on any atom is -0.247 e. The van der Waals surface area contributed by atoms with Gasteiger partial charge in [-0.1, -0.05) is 55.5 Å². The smallest absolute Gasteiger partial charge is 0.0738 e. The van der Waals surface area contributed by atoms with Crippen molar-refractivity contribution in [1.29, 1.82) is 0 Å². The molecule has 1 nitrogen and oxygen atoms in total. The quantitative estimate of drug-likeness (QED) is 0.269. The number of aliphatic imine (C=N–C) groups is 1. The van der Waals surface area contributed by atoms with Crippen LogP contribution in [0.1, 0.15) is 18.9 Å². The summed E-state index contributed by atoms with van der Waals surface area (Å²) in [6.45, 7) is 15.4. The lowest BCUT2D eigenvalue weighted by Crippen LogP contribution is -2.20. The van der Waals surface area contributed by atoms with Crippen LogP contribution in [0.2, 0.25) is 25.7 Å². The molecule has 0 radical (unpaired) electrons. The lowest BCUT2D eigenvalue weighted by atomic mass is 10.2. The summed E-state index contributed by atoms with van der Waals surface area (Å²) in [7, 11) is -1.02. The summed E-state index contributed by atoms with van der Waals surface area (Å²) >= 11 is 1.84. The van der Waals surface area contributed by atoms with Crippen molar-refractivity contribution in [1.82, 2.24) is 0 Å². The SMILES string of the molecule is C=C(C)CSC(CC[Si](C)(C)C)=Nc1ccc(C)cc1. The van der Waals surface area contributed by atoms with Crippen LogP contribution in [0.4, 0.5) is 5.69 Å². The molecule has 110 valence electrons. The monoisotopic (exact) mass is 305 g/mol. The molecular weight excluding hydrogens is 278 g/mol. The van der Waals surface area contributed by atoms with Gasteiger partial charge in [0.15, 0.2) is 0 Å². The zero-order valence-electron chi connectivity index (χ0n) is 13.5. The summed E-state index contributed by atoms with van der Waals surface area (Å²) in [5.74, 6) is 0.969. The van der Waals surface area contributed by atoms with E-state index in [1.54, 1.807) is 0 Å². The molecule has 0 atom stereocenters. The van der Waals surface area contributed by atoms with Crippen molar-refractivity contribution in [2.24, 2.45) is 4.99 Å². The molecule has 0 aliphatic carbocycles. The number of aryl methyl sites for hydroxylation is 1. The number of benzene rings is 1. The Bertz CT molecular complexity index is 469. The Kier molecular flexibility index (Phi) is 6.76. The van der Waals surface area contributed by atoms with Gasteiger partial charge >= 0.3 is 0 Å². The first-order valence-electron chi connectivity index (χ1n) is 7.18. The fraction of sp³-hybridized carbons (Fsp3) is 0.471. The average molecular weight is 306 g/mol. The number of nitrogens with zero attached hydrogens (tertiary/aromatic N) is 1. The number of rotatable bonds is 6. The summed E-state index contributed by atoms with van der Waals surface area (Å²) in [6.07, 6.45) is 1.10. The second-order valence-electron chi connectivity index (χ2n) is 6.65. The van der Waals surface area contributed by atoms with Gasteiger partial charge in [0.1, 0.15) is 0 Å². The van der Waals surface area contributed by atoms with Crippen LogP contribution in [0.25, 0.3) is 0 Å². The molecule has 0 heterocycles. The largest absolute Gasteiger partial charge is 0.247 e. The predicted molar refractivity (Wildman–Crippen MR) is 98.3 cm³/mol. The van der Waals surface area contributed by atoms with E-state index in [0.29, 0.717) is 0 Å². The van der Waals surface area contributed by atoms with E-state index in [0.717, 1.165) is 17.9 Å². The van der Waals surface area contributed by atoms with Crippen molar-refractivity contribution < 1.29 is 0 Å². The molecule has 3 heteroatoms. The van der Waals surface area contributed by atoms with Gasteiger partial charge in [0.05, 0.1) is 10.7 Å². The average Bonchev–Trinajstić information content (AvgIpc) is 2.34. The highest BCUT2D eigenvalue weighted by Gasteiger charge is 2.14. The third kappa shape index (κ3) is 7.71. The van der Waals surface area contributed by atoms with Crippen molar-refractivity contribution >= 4 is 30.6 Å². The number of hydrogen-bond acceptors (Lipinski definition) is 2. The summed E-state index contributed by atoms with van der Waals surface area (Å²) in [4.78, 5) is 4.84. The summed E-state index contributed by atoms with van der Waals surface area (Å²) in [6, 6.07) is 9.74. The highest BCUT2D eigenvalue weighted by atomic mass is 32.2. The third-order valence-corrected chi connectivity index (χ3v) is 5.88. The first-order valence-corrected chi connectivity index (χ1v) is 11.9. The van der Waals surface area contributed by atoms with Gasteiger partial charge in [-0.3, -0.25) is 0 Å². The Morgan fingerprint density at radius 1 is 1.20 bits per heavy atom. The fourth-order valence-electron chi connectivity index (χ4n) is 1.61. The van der Waals surface area contributed by atoms with Crippen LogP contribution in [0.5, 0.6) is 0 Å². The lowest BCUT2D eigenvalue weighted by Gasteiger charge is -2.16. The van der Waals surface area contributed by atoms with Crippen molar-refractivity contribution in [3.63, 3.8) is 0 Å². The molecule has 0 unspecified atom stereocenters. The van der Waals surface area contributed by atoms with Gasteiger partial charge in [0.2, 0.25) is 0 Å². The van der Waals surface area contributed by atoms with Gasteiger partial charge < -0.3 is 0 Å². The van der Waals surface area contributed by atoms with E-state index in [-0.39, 0.29) is 0 Å². The van der Waals surface area contributed by atoms with Crippen molar-refractivity contribution in [3.8, 4) is 0 Å². The second kappa shape index (κ2) is 7.84. The molecule has 20 heavy (non-hydrogen) atoms. The first-order chi connectivity index (χ1) is 9.26. The lowest BCUT2D eigenvalue weighted by molar-refractivity contribution is 1.22. The second-order valence-corrected chi connectivity index (χ2v) is 13.3. The maximum absolute atomic E-state index is 4.84. The van der Waals surface area contributed by atoms with E-state index in [4.69, 9.17) is 4.99 Å². The molecule has 0 aliphatic heterocycles. The molecule has 0 amide bonds. The van der Waals surface area contributed by atoms with Crippen LogP contribution in [-0.4, -0.2) is 18.9 Å². The van der Waals surface area contributed by atoms with Gasteiger partial charge in [-0.05, 0) is 32.4 Å². The molecular formula is C17H27NSSi. The van der Waals surface area contributed by atoms with Crippen LogP contribution in [0.15, 0.2) is 41.4 Å². The maximum Gasteiger partial charge on any atom is 0.0738 e. The molecule has 1 rings (SSSR count). The van der Waals surface area contributed by atoms with Crippen LogP contribution < -0.4 is 0 Å². The Hall–Kier alpha value is -0.803. The van der Waals surface area contributed by atoms with E-state index in [1.807, 2.05) is 11.8 Å². The van der Waals surface area contributed by atoms with Crippen LogP contribution in [-0.2, 0) is 0 Å². The zero-order valence-corrected chi connectivity index (χ0v) is 15.3. The van der Waals surface area contributed by atoms with Gasteiger partial charge in [-0.25, -0.2) is 4.99 Å². The minimum absolute atomic E-state index is 0.969. The molecule has 0 aromatic heterocycles. The summed E-state index contributed by atoms with van der Waals surface area (Å²) < 4.78 is 0. The van der Waals surface area contributed by atoms with E-state index in [2.05, 4.69) is 64.3 Å². The normalized spacial score (nSPS) is 12.6. The van der Waals surface area contributed by atoms with Gasteiger partial charge in [-0.2, -0.15) is 0 Å². The summed E-state index contributed by atoms with van der Waals surface area (Å²) in [5.41, 5.74) is 3.55. The molecule has 0 spiro atoms. The number of hydrogen-bond donors (Lipinski definition) is 0. The Balaban J connectivity index is 2.79. The van der Waals surface area contributed by atoms with Gasteiger partial charge in [0, 0.05) is 13.8 Å². The molecule has 0 saturated heterocycles. The van der Waals surface area contributed by atoms with Gasteiger partial charge in [-0.15, -0.1) is 11.8 Å². The third-order valence-electron chi connectivity index (χ3n) is 2.86. The minimum atomic E-state index is -1.02. The highest BCUT2D eigenvalue weighted by Crippen LogP contribution is 2.22. The Morgan fingerprint density at radius 3 is 2.30 bits per heavy atom. The standard InChI is InChI=1S/C17H27NSSi/c1-14(2)13-19-17(11-12-20(4,5)6)18-16-9-7-15(3)8-10-16/h7-10H,1,11-13H2,2-6H3. The van der Waals surface area contributed by atoms with Crippen molar-refractivity contribution in [2.45, 2.75) is 46.0 Å². The fourth-order valence-corrected chi connectivity index (χ4v) is 3.61. The molecule has 1 aromatic rings. The molecule has 0 fully saturated rings. The Morgan fingerprint density at radius 2 is 1.80 bits per heavy atom. The molecule has 0 saturated carbocycles. The van der Waals surface area contributed by atoms with Crippen molar-refractivity contribution in [3.05, 3.63) is 42.0 Å². The van der Waals surface area contributed by atoms with E-state index >= 15 is 0 Å². The van der Waals surface area contributed by atoms with E-state index in [1.165, 1.54) is 22.2 Å². The van der Waals surface area contributed by atoms with Gasteiger partial charge in [0.25, 0.3) is 0 Å².